The van der Waals surface area contributed by atoms with Crippen LogP contribution in [-0.2, 0) is 0 Å². The lowest BCUT2D eigenvalue weighted by Crippen LogP contribution is -2.59. The average molecular weight is 261 g/mol. The minimum Gasteiger partial charge on any atom is -0.388 e. The molecule has 1 fully saturated rings. The van der Waals surface area contributed by atoms with Crippen molar-refractivity contribution in [2.24, 2.45) is 0 Å². The lowest BCUT2D eigenvalue weighted by molar-refractivity contribution is 0.00901. The van der Waals surface area contributed by atoms with E-state index in [-0.39, 0.29) is 6.04 Å². The highest BCUT2D eigenvalue weighted by Crippen LogP contribution is 2.28. The molecule has 3 heterocycles. The predicted molar refractivity (Wildman–Crippen MR) is 74.2 cm³/mol. The van der Waals surface area contributed by atoms with Crippen molar-refractivity contribution in [3.8, 4) is 0 Å². The first-order valence-corrected chi connectivity index (χ1v) is 6.53. The molecule has 3 rings (SSSR count). The van der Waals surface area contributed by atoms with Gasteiger partial charge in [0.15, 0.2) is 0 Å². The van der Waals surface area contributed by atoms with Gasteiger partial charge in [-0.1, -0.05) is 0 Å². The van der Waals surface area contributed by atoms with Crippen LogP contribution in [0.2, 0.25) is 0 Å². The van der Waals surface area contributed by atoms with E-state index in [0.29, 0.717) is 0 Å². The highest BCUT2D eigenvalue weighted by Gasteiger charge is 2.38. The van der Waals surface area contributed by atoms with E-state index >= 15 is 0 Å². The van der Waals surface area contributed by atoms with Crippen LogP contribution in [0.4, 0.5) is 5.82 Å². The summed E-state index contributed by atoms with van der Waals surface area (Å²) in [6.45, 7) is 3.49. The molecule has 1 unspecified atom stereocenters. The minimum atomic E-state index is -0.715. The first kappa shape index (κ1) is 12.4. The van der Waals surface area contributed by atoms with Gasteiger partial charge in [0.25, 0.3) is 0 Å². The lowest BCUT2D eigenvalue weighted by atomic mass is 9.88. The fourth-order valence-electron chi connectivity index (χ4n) is 2.81. The smallest absolute Gasteiger partial charge is 0.142 e. The van der Waals surface area contributed by atoms with Crippen LogP contribution in [0, 0.1) is 0 Å². The van der Waals surface area contributed by atoms with Crippen LogP contribution in [0.15, 0.2) is 18.6 Å². The van der Waals surface area contributed by atoms with E-state index in [1.165, 1.54) is 0 Å². The molecule has 1 aliphatic rings. The lowest BCUT2D eigenvalue weighted by Gasteiger charge is -2.43. The number of aliphatic hydroxyl groups is 1. The Bertz CT molecular complexity index is 579. The van der Waals surface area contributed by atoms with E-state index in [1.54, 1.807) is 6.33 Å². The van der Waals surface area contributed by atoms with Gasteiger partial charge in [0.05, 0.1) is 17.0 Å². The Kier molecular flexibility index (Phi) is 2.91. The summed E-state index contributed by atoms with van der Waals surface area (Å²) in [6.07, 6.45) is 4.15. The first-order valence-electron chi connectivity index (χ1n) is 6.53. The predicted octanol–water partition coefficient (Wildman–Crippen LogP) is 0.507. The van der Waals surface area contributed by atoms with Crippen molar-refractivity contribution < 1.29 is 5.11 Å². The van der Waals surface area contributed by atoms with Crippen molar-refractivity contribution in [1.29, 1.82) is 0 Å². The summed E-state index contributed by atoms with van der Waals surface area (Å²) in [4.78, 5) is 13.7. The number of hydrogen-bond donors (Lipinski definition) is 3. The maximum absolute atomic E-state index is 10.6. The Morgan fingerprint density at radius 2 is 2.32 bits per heavy atom. The molecule has 6 heteroatoms. The molecular weight excluding hydrogens is 242 g/mol. The second kappa shape index (κ2) is 4.47. The third kappa shape index (κ3) is 2.06. The highest BCUT2D eigenvalue weighted by atomic mass is 16.3. The van der Waals surface area contributed by atoms with Crippen LogP contribution in [0.1, 0.15) is 13.3 Å². The third-order valence-corrected chi connectivity index (χ3v) is 4.00. The highest BCUT2D eigenvalue weighted by molar-refractivity contribution is 5.87. The largest absolute Gasteiger partial charge is 0.388 e. The number of nitrogens with zero attached hydrogens (tertiary/aromatic N) is 3. The van der Waals surface area contributed by atoms with Gasteiger partial charge in [0, 0.05) is 19.8 Å². The molecule has 2 aromatic heterocycles. The van der Waals surface area contributed by atoms with Crippen LogP contribution < -0.4 is 10.2 Å². The number of aromatic amines is 1. The Hall–Kier alpha value is -1.66. The number of likely N-dealkylation sites (N-methyl/N-ethyl adjacent to an activating group) is 1. The summed E-state index contributed by atoms with van der Waals surface area (Å²) in [7, 11) is 1.97. The quantitative estimate of drug-likeness (QED) is 0.734. The van der Waals surface area contributed by atoms with Gasteiger partial charge in [-0.3, -0.25) is 0 Å². The molecule has 3 N–H and O–H groups in total. The van der Waals surface area contributed by atoms with Crippen molar-refractivity contribution in [2.75, 3.05) is 25.0 Å². The SMILES string of the molecule is CN(c1ncnc2[nH]ccc12)[C@H]1CNCCC1(C)O. The Labute approximate surface area is 111 Å². The fraction of sp³-hybridized carbons (Fsp3) is 0.538. The van der Waals surface area contributed by atoms with Crippen molar-refractivity contribution in [2.45, 2.75) is 25.0 Å². The first-order chi connectivity index (χ1) is 9.09. The zero-order valence-corrected chi connectivity index (χ0v) is 11.2. The molecule has 1 saturated heterocycles. The summed E-state index contributed by atoms with van der Waals surface area (Å²) < 4.78 is 0. The Balaban J connectivity index is 1.99. The molecule has 0 aromatic carbocycles. The van der Waals surface area contributed by atoms with E-state index in [1.807, 2.05) is 31.1 Å². The normalized spacial score (nSPS) is 27.6. The van der Waals surface area contributed by atoms with Gasteiger partial charge in [0.2, 0.25) is 0 Å². The van der Waals surface area contributed by atoms with Crippen molar-refractivity contribution in [1.82, 2.24) is 20.3 Å². The molecule has 6 nitrogen and oxygen atoms in total. The van der Waals surface area contributed by atoms with Gasteiger partial charge in [-0.05, 0) is 26.0 Å². The number of H-pyrrole nitrogens is 1. The summed E-state index contributed by atoms with van der Waals surface area (Å²) in [5.74, 6) is 0.847. The zero-order chi connectivity index (χ0) is 13.5. The van der Waals surface area contributed by atoms with Crippen LogP contribution in [0.5, 0.6) is 0 Å². The monoisotopic (exact) mass is 261 g/mol. The molecule has 19 heavy (non-hydrogen) atoms. The van der Waals surface area contributed by atoms with Crippen molar-refractivity contribution in [3.63, 3.8) is 0 Å². The summed E-state index contributed by atoms with van der Waals surface area (Å²) in [5.41, 5.74) is 0.105. The van der Waals surface area contributed by atoms with Crippen LogP contribution in [-0.4, -0.2) is 51.8 Å². The van der Waals surface area contributed by atoms with E-state index in [4.69, 9.17) is 0 Å². The topological polar surface area (TPSA) is 77.1 Å². The molecule has 0 spiro atoms. The van der Waals surface area contributed by atoms with E-state index in [9.17, 15) is 5.11 Å². The summed E-state index contributed by atoms with van der Waals surface area (Å²) in [6, 6.07) is 1.96. The third-order valence-electron chi connectivity index (χ3n) is 4.00. The number of aromatic nitrogens is 3. The second-order valence-electron chi connectivity index (χ2n) is 5.38. The van der Waals surface area contributed by atoms with E-state index in [2.05, 4.69) is 20.3 Å². The maximum atomic E-state index is 10.6. The van der Waals surface area contributed by atoms with Gasteiger partial charge in [0.1, 0.15) is 17.8 Å². The van der Waals surface area contributed by atoms with E-state index in [0.717, 1.165) is 36.4 Å². The van der Waals surface area contributed by atoms with E-state index < -0.39 is 5.60 Å². The fourth-order valence-corrected chi connectivity index (χ4v) is 2.81. The molecule has 0 amide bonds. The molecule has 0 bridgehead atoms. The van der Waals surface area contributed by atoms with Gasteiger partial charge >= 0.3 is 0 Å². The average Bonchev–Trinajstić information content (AvgIpc) is 2.85. The number of nitrogens with one attached hydrogen (secondary N) is 2. The molecule has 2 aromatic rings. The summed E-state index contributed by atoms with van der Waals surface area (Å²) >= 11 is 0. The van der Waals surface area contributed by atoms with Gasteiger partial charge in [-0.25, -0.2) is 9.97 Å². The van der Waals surface area contributed by atoms with Crippen molar-refractivity contribution in [3.05, 3.63) is 18.6 Å². The molecule has 1 aliphatic heterocycles. The number of fused-ring (bicyclic) bond motifs is 1. The molecule has 2 atom stereocenters. The Morgan fingerprint density at radius 3 is 3.11 bits per heavy atom. The standard InChI is InChI=1S/C13H19N5O/c1-13(19)4-6-14-7-10(13)18(2)12-9-3-5-15-11(9)16-8-17-12/h3,5,8,10,14,19H,4,6-7H2,1-2H3,(H,15,16,17)/t10-,13?/m0/s1. The summed E-state index contributed by atoms with van der Waals surface area (Å²) in [5, 5.41) is 14.9. The van der Waals surface area contributed by atoms with Crippen LogP contribution in [0.25, 0.3) is 11.0 Å². The van der Waals surface area contributed by atoms with Crippen molar-refractivity contribution >= 4 is 16.9 Å². The van der Waals surface area contributed by atoms with Crippen LogP contribution in [0.3, 0.4) is 0 Å². The number of rotatable bonds is 2. The minimum absolute atomic E-state index is 0.00532. The molecule has 102 valence electrons. The molecule has 0 saturated carbocycles. The second-order valence-corrected chi connectivity index (χ2v) is 5.38. The molecular formula is C13H19N5O. The maximum Gasteiger partial charge on any atom is 0.142 e. The van der Waals surface area contributed by atoms with Crippen LogP contribution >= 0.6 is 0 Å². The Morgan fingerprint density at radius 1 is 1.47 bits per heavy atom. The number of piperidine rings is 1. The number of anilines is 1. The van der Waals surface area contributed by atoms with Gasteiger partial charge in [-0.15, -0.1) is 0 Å². The van der Waals surface area contributed by atoms with Gasteiger partial charge < -0.3 is 20.3 Å². The molecule has 0 aliphatic carbocycles. The van der Waals surface area contributed by atoms with Gasteiger partial charge in [-0.2, -0.15) is 0 Å². The zero-order valence-electron chi connectivity index (χ0n) is 11.2. The number of hydrogen-bond acceptors (Lipinski definition) is 5. The molecule has 0 radical (unpaired) electrons.